The summed E-state index contributed by atoms with van der Waals surface area (Å²) in [5.41, 5.74) is 0.581. The van der Waals surface area contributed by atoms with Gasteiger partial charge < -0.3 is 4.84 Å². The zero-order valence-corrected chi connectivity index (χ0v) is 12.3. The maximum Gasteiger partial charge on any atom is 0.205 e. The summed E-state index contributed by atoms with van der Waals surface area (Å²) in [6.07, 6.45) is 1.88. The molecular weight excluding hydrogens is 250 g/mol. The standard InChI is InChI=1S/C13H21NO3S/c1-5-7-9(14-17-6-2)11-10(15)8-13(3,4)18-12(11)16/h11H,5-8H2,1-4H3. The summed E-state index contributed by atoms with van der Waals surface area (Å²) in [7, 11) is 0. The predicted molar refractivity (Wildman–Crippen MR) is 73.8 cm³/mol. The van der Waals surface area contributed by atoms with Gasteiger partial charge in [0.1, 0.15) is 12.5 Å². The van der Waals surface area contributed by atoms with Crippen LogP contribution in [-0.2, 0) is 14.4 Å². The van der Waals surface area contributed by atoms with Crippen molar-refractivity contribution in [3.63, 3.8) is 0 Å². The lowest BCUT2D eigenvalue weighted by atomic mass is 9.90. The normalized spacial score (nSPS) is 24.2. The molecule has 0 spiro atoms. The first-order valence-corrected chi connectivity index (χ1v) is 7.17. The highest BCUT2D eigenvalue weighted by Crippen LogP contribution is 2.38. The molecule has 4 nitrogen and oxygen atoms in total. The van der Waals surface area contributed by atoms with Crippen LogP contribution < -0.4 is 0 Å². The zero-order chi connectivity index (χ0) is 13.8. The van der Waals surface area contributed by atoms with Crippen LogP contribution in [0.5, 0.6) is 0 Å². The van der Waals surface area contributed by atoms with Crippen LogP contribution >= 0.6 is 11.8 Å². The molecule has 1 rings (SSSR count). The van der Waals surface area contributed by atoms with Crippen LogP contribution in [0.4, 0.5) is 0 Å². The number of carbonyl (C=O) groups is 2. The molecule has 0 radical (unpaired) electrons. The van der Waals surface area contributed by atoms with Gasteiger partial charge >= 0.3 is 0 Å². The molecule has 102 valence electrons. The van der Waals surface area contributed by atoms with Gasteiger partial charge in [0.2, 0.25) is 5.12 Å². The number of hydrogen-bond acceptors (Lipinski definition) is 5. The van der Waals surface area contributed by atoms with E-state index in [0.29, 0.717) is 25.2 Å². The monoisotopic (exact) mass is 271 g/mol. The van der Waals surface area contributed by atoms with Crippen LogP contribution in [0, 0.1) is 5.92 Å². The molecule has 1 saturated heterocycles. The van der Waals surface area contributed by atoms with E-state index in [-0.39, 0.29) is 15.6 Å². The van der Waals surface area contributed by atoms with E-state index in [9.17, 15) is 9.59 Å². The minimum atomic E-state index is -0.700. The van der Waals surface area contributed by atoms with E-state index >= 15 is 0 Å². The SMILES string of the molecule is CCCC(=NOCC)C1C(=O)CC(C)(C)SC1=O. The van der Waals surface area contributed by atoms with Crippen LogP contribution in [0.3, 0.4) is 0 Å². The van der Waals surface area contributed by atoms with E-state index in [1.807, 2.05) is 27.7 Å². The molecule has 0 saturated carbocycles. The highest BCUT2D eigenvalue weighted by atomic mass is 32.2. The van der Waals surface area contributed by atoms with Crippen LogP contribution in [0.2, 0.25) is 0 Å². The van der Waals surface area contributed by atoms with E-state index in [0.717, 1.165) is 6.42 Å². The molecular formula is C13H21NO3S. The fraction of sp³-hybridized carbons (Fsp3) is 0.769. The zero-order valence-electron chi connectivity index (χ0n) is 11.5. The Balaban J connectivity index is 2.91. The Kier molecular flexibility index (Phi) is 5.38. The molecule has 1 fully saturated rings. The van der Waals surface area contributed by atoms with Crippen LogP contribution in [0.25, 0.3) is 0 Å². The average molecular weight is 271 g/mol. The number of oxime groups is 1. The number of nitrogens with zero attached hydrogens (tertiary/aromatic N) is 1. The predicted octanol–water partition coefficient (Wildman–Crippen LogP) is 2.81. The van der Waals surface area contributed by atoms with E-state index in [1.165, 1.54) is 11.8 Å². The summed E-state index contributed by atoms with van der Waals surface area (Å²) in [4.78, 5) is 29.3. The number of ketones is 1. The minimum absolute atomic E-state index is 0.0318. The maximum atomic E-state index is 12.1. The van der Waals surface area contributed by atoms with Gasteiger partial charge in [0.15, 0.2) is 5.78 Å². The molecule has 0 bridgehead atoms. The Bertz CT molecular complexity index is 343. The molecule has 1 aliphatic heterocycles. The maximum absolute atomic E-state index is 12.1. The van der Waals surface area contributed by atoms with Crippen molar-refractivity contribution in [1.82, 2.24) is 0 Å². The Hall–Kier alpha value is -0.840. The van der Waals surface area contributed by atoms with E-state index in [1.54, 1.807) is 0 Å². The van der Waals surface area contributed by atoms with Gasteiger partial charge in [-0.2, -0.15) is 0 Å². The van der Waals surface area contributed by atoms with Crippen LogP contribution in [0.1, 0.15) is 47.0 Å². The molecule has 0 aromatic rings. The molecule has 0 N–H and O–H groups in total. The van der Waals surface area contributed by atoms with Gasteiger partial charge in [-0.1, -0.05) is 30.3 Å². The molecule has 1 aliphatic rings. The molecule has 18 heavy (non-hydrogen) atoms. The third kappa shape index (κ3) is 3.83. The quantitative estimate of drug-likeness (QED) is 0.438. The Labute approximate surface area is 113 Å². The molecule has 5 heteroatoms. The third-order valence-electron chi connectivity index (χ3n) is 2.68. The van der Waals surface area contributed by atoms with Gasteiger partial charge in [-0.25, -0.2) is 0 Å². The van der Waals surface area contributed by atoms with E-state index in [2.05, 4.69) is 5.16 Å². The van der Waals surface area contributed by atoms with Gasteiger partial charge in [0, 0.05) is 11.2 Å². The van der Waals surface area contributed by atoms with Crippen molar-refractivity contribution in [1.29, 1.82) is 0 Å². The summed E-state index contributed by atoms with van der Waals surface area (Å²) in [5.74, 6) is -0.731. The second kappa shape index (κ2) is 6.36. The third-order valence-corrected chi connectivity index (χ3v) is 3.82. The van der Waals surface area contributed by atoms with Crippen molar-refractivity contribution in [2.45, 2.75) is 51.7 Å². The summed E-state index contributed by atoms with van der Waals surface area (Å²) in [6.45, 7) is 8.11. The lowest BCUT2D eigenvalue weighted by Crippen LogP contribution is -2.41. The summed E-state index contributed by atoms with van der Waals surface area (Å²) in [6, 6.07) is 0. The van der Waals surface area contributed by atoms with Crippen molar-refractivity contribution in [3.05, 3.63) is 0 Å². The van der Waals surface area contributed by atoms with Crippen molar-refractivity contribution in [2.75, 3.05) is 6.61 Å². The number of hydrogen-bond donors (Lipinski definition) is 0. The van der Waals surface area contributed by atoms with Gasteiger partial charge in [0.05, 0.1) is 5.71 Å². The first kappa shape index (κ1) is 15.2. The molecule has 0 aliphatic carbocycles. The van der Waals surface area contributed by atoms with Crippen LogP contribution in [0.15, 0.2) is 5.16 Å². The number of rotatable bonds is 5. The number of thioether (sulfide) groups is 1. The molecule has 0 aromatic heterocycles. The molecule has 1 heterocycles. The van der Waals surface area contributed by atoms with Gasteiger partial charge in [-0.05, 0) is 27.2 Å². The van der Waals surface area contributed by atoms with Crippen molar-refractivity contribution in [3.8, 4) is 0 Å². The first-order valence-electron chi connectivity index (χ1n) is 6.35. The minimum Gasteiger partial charge on any atom is -0.396 e. The van der Waals surface area contributed by atoms with Crippen LogP contribution in [-0.4, -0.2) is 28.0 Å². The highest BCUT2D eigenvalue weighted by molar-refractivity contribution is 8.15. The smallest absolute Gasteiger partial charge is 0.205 e. The van der Waals surface area contributed by atoms with Gasteiger partial charge in [-0.15, -0.1) is 0 Å². The van der Waals surface area contributed by atoms with E-state index in [4.69, 9.17) is 4.84 Å². The fourth-order valence-electron chi connectivity index (χ4n) is 1.99. The number of Topliss-reactive ketones (excluding diaryl/α,β-unsaturated/α-hetero) is 1. The molecule has 1 unspecified atom stereocenters. The largest absolute Gasteiger partial charge is 0.396 e. The Morgan fingerprint density at radius 1 is 1.44 bits per heavy atom. The van der Waals surface area contributed by atoms with E-state index < -0.39 is 5.92 Å². The average Bonchev–Trinajstić information content (AvgIpc) is 2.23. The second-order valence-corrected chi connectivity index (χ2v) is 6.72. The second-order valence-electron chi connectivity index (χ2n) is 5.01. The fourth-order valence-corrected chi connectivity index (χ4v) is 3.13. The van der Waals surface area contributed by atoms with Crippen molar-refractivity contribution < 1.29 is 14.4 Å². The number of carbonyl (C=O) groups excluding carboxylic acids is 2. The Morgan fingerprint density at radius 2 is 2.11 bits per heavy atom. The summed E-state index contributed by atoms with van der Waals surface area (Å²) < 4.78 is -0.298. The molecule has 1 atom stereocenters. The van der Waals surface area contributed by atoms with Gasteiger partial charge in [-0.3, -0.25) is 9.59 Å². The molecule has 0 amide bonds. The van der Waals surface area contributed by atoms with Crippen molar-refractivity contribution >= 4 is 28.4 Å². The topological polar surface area (TPSA) is 55.7 Å². The lowest BCUT2D eigenvalue weighted by Gasteiger charge is -2.31. The first-order chi connectivity index (χ1) is 8.41. The summed E-state index contributed by atoms with van der Waals surface area (Å²) >= 11 is 1.25. The lowest BCUT2D eigenvalue weighted by molar-refractivity contribution is -0.127. The van der Waals surface area contributed by atoms with Gasteiger partial charge in [0.25, 0.3) is 0 Å². The molecule has 0 aromatic carbocycles. The van der Waals surface area contributed by atoms with Crippen molar-refractivity contribution in [2.24, 2.45) is 11.1 Å². The Morgan fingerprint density at radius 3 is 2.61 bits per heavy atom. The summed E-state index contributed by atoms with van der Waals surface area (Å²) in [5, 5.41) is 3.87. The highest BCUT2D eigenvalue weighted by Gasteiger charge is 2.42.